The Bertz CT molecular complexity index is 1010. The lowest BCUT2D eigenvalue weighted by atomic mass is 9.82. The number of allylic oxidation sites excluding steroid dienone is 5. The third-order valence-electron chi connectivity index (χ3n) is 4.59. The number of carbonyl (C=O) groups excluding carboxylic acids is 2. The molecule has 4 rings (SSSR count). The smallest absolute Gasteiger partial charge is 0.198 e. The summed E-state index contributed by atoms with van der Waals surface area (Å²) >= 11 is 0. The maximum atomic E-state index is 13.2. The van der Waals surface area contributed by atoms with Crippen LogP contribution in [-0.4, -0.2) is 17.3 Å². The molecule has 2 aromatic rings. The van der Waals surface area contributed by atoms with E-state index in [-0.39, 0.29) is 17.1 Å². The van der Waals surface area contributed by atoms with Gasteiger partial charge in [0.1, 0.15) is 0 Å². The van der Waals surface area contributed by atoms with E-state index in [1.165, 1.54) is 0 Å². The van der Waals surface area contributed by atoms with Gasteiger partial charge in [-0.2, -0.15) is 0 Å². The summed E-state index contributed by atoms with van der Waals surface area (Å²) in [6, 6.07) is 16.7. The molecule has 0 aromatic heterocycles. The number of Topliss-reactive ketones (excluding diaryl/α,β-unsaturated/α-hetero) is 2. The Labute approximate surface area is 152 Å². The predicted octanol–water partition coefficient (Wildman–Crippen LogP) is 4.35. The van der Waals surface area contributed by atoms with Gasteiger partial charge in [-0.1, -0.05) is 78.4 Å². The van der Waals surface area contributed by atoms with Crippen molar-refractivity contribution in [3.63, 3.8) is 0 Å². The van der Waals surface area contributed by atoms with E-state index in [4.69, 9.17) is 0 Å². The van der Waals surface area contributed by atoms with Crippen LogP contribution in [0.2, 0.25) is 0 Å². The topological polar surface area (TPSA) is 46.5 Å². The molecule has 126 valence electrons. The molecule has 1 unspecified atom stereocenters. The molecule has 0 amide bonds. The zero-order valence-corrected chi connectivity index (χ0v) is 14.3. The summed E-state index contributed by atoms with van der Waals surface area (Å²) in [6.07, 6.45) is 7.31. The summed E-state index contributed by atoms with van der Waals surface area (Å²) in [5.74, 6) is -0.962. The first-order valence-corrected chi connectivity index (χ1v) is 8.54. The fraction of sp³-hybridized carbons (Fsp3) is 0.0870. The molecule has 2 aromatic carbocycles. The molecule has 1 atom stereocenters. The predicted molar refractivity (Wildman–Crippen MR) is 103 cm³/mol. The molecule has 1 aliphatic carbocycles. The van der Waals surface area contributed by atoms with Gasteiger partial charge in [-0.05, 0) is 13.0 Å². The molecule has 0 spiro atoms. The quantitative estimate of drug-likeness (QED) is 0.616. The first-order chi connectivity index (χ1) is 12.6. The Balaban J connectivity index is 1.91. The first-order valence-electron chi connectivity index (χ1n) is 8.54. The number of aryl methyl sites for hydroxylation is 1. The SMILES string of the molecule is Cc1ccc(C(=O)C2=C(c3ccccc3)N=C3C=CC=CC3C2=O)cc1. The minimum atomic E-state index is -0.489. The van der Waals surface area contributed by atoms with Crippen molar-refractivity contribution in [2.75, 3.05) is 0 Å². The van der Waals surface area contributed by atoms with Crippen LogP contribution in [0.4, 0.5) is 0 Å². The van der Waals surface area contributed by atoms with Gasteiger partial charge in [0.2, 0.25) is 0 Å². The number of nitrogens with zero attached hydrogens (tertiary/aromatic N) is 1. The molecule has 26 heavy (non-hydrogen) atoms. The lowest BCUT2D eigenvalue weighted by Gasteiger charge is -2.23. The van der Waals surface area contributed by atoms with Crippen LogP contribution in [0.1, 0.15) is 21.5 Å². The van der Waals surface area contributed by atoms with Gasteiger partial charge in [0.15, 0.2) is 11.6 Å². The standard InChI is InChI=1S/C23H17NO2/c1-15-11-13-17(14-12-15)22(25)20-21(16-7-3-2-4-8-16)24-19-10-6-5-9-18(19)23(20)26/h2-14,18H,1H3. The average Bonchev–Trinajstić information content (AvgIpc) is 2.69. The van der Waals surface area contributed by atoms with E-state index in [9.17, 15) is 9.59 Å². The number of ketones is 2. The van der Waals surface area contributed by atoms with E-state index in [1.54, 1.807) is 18.2 Å². The van der Waals surface area contributed by atoms with Crippen LogP contribution in [0.25, 0.3) is 5.70 Å². The summed E-state index contributed by atoms with van der Waals surface area (Å²) < 4.78 is 0. The number of aliphatic imine (C=N–C) groups is 1. The Morgan fingerprint density at radius 2 is 1.69 bits per heavy atom. The maximum absolute atomic E-state index is 13.2. The minimum absolute atomic E-state index is 0.161. The van der Waals surface area contributed by atoms with Crippen molar-refractivity contribution >= 4 is 23.0 Å². The summed E-state index contributed by atoms with van der Waals surface area (Å²) in [5.41, 5.74) is 3.62. The molecule has 0 saturated heterocycles. The molecule has 1 heterocycles. The van der Waals surface area contributed by atoms with Crippen molar-refractivity contribution in [1.29, 1.82) is 0 Å². The van der Waals surface area contributed by atoms with Gasteiger partial charge in [0, 0.05) is 11.1 Å². The van der Waals surface area contributed by atoms with Crippen molar-refractivity contribution in [2.24, 2.45) is 10.9 Å². The monoisotopic (exact) mass is 339 g/mol. The number of benzene rings is 2. The maximum Gasteiger partial charge on any atom is 0.198 e. The first kappa shape index (κ1) is 16.2. The molecule has 0 fully saturated rings. The number of fused-ring (bicyclic) bond motifs is 1. The largest absolute Gasteiger partial charge is 0.293 e. The highest BCUT2D eigenvalue weighted by atomic mass is 16.1. The van der Waals surface area contributed by atoms with Gasteiger partial charge >= 0.3 is 0 Å². The van der Waals surface area contributed by atoms with Crippen molar-refractivity contribution in [2.45, 2.75) is 6.92 Å². The van der Waals surface area contributed by atoms with Gasteiger partial charge in [0.05, 0.1) is 22.9 Å². The van der Waals surface area contributed by atoms with E-state index in [0.29, 0.717) is 17.0 Å². The van der Waals surface area contributed by atoms with Crippen LogP contribution in [0.3, 0.4) is 0 Å². The zero-order chi connectivity index (χ0) is 18.1. The second kappa shape index (κ2) is 6.52. The van der Waals surface area contributed by atoms with Crippen molar-refractivity contribution in [1.82, 2.24) is 0 Å². The average molecular weight is 339 g/mol. The van der Waals surface area contributed by atoms with Gasteiger partial charge in [-0.15, -0.1) is 0 Å². The molecule has 2 aliphatic rings. The van der Waals surface area contributed by atoms with Crippen molar-refractivity contribution in [3.05, 3.63) is 101 Å². The van der Waals surface area contributed by atoms with Crippen molar-refractivity contribution in [3.8, 4) is 0 Å². The summed E-state index contributed by atoms with van der Waals surface area (Å²) in [4.78, 5) is 31.1. The fourth-order valence-electron chi connectivity index (χ4n) is 3.19. The van der Waals surface area contributed by atoms with Crippen LogP contribution in [0.15, 0.2) is 89.5 Å². The molecule has 3 heteroatoms. The highest BCUT2D eigenvalue weighted by Crippen LogP contribution is 2.32. The molecule has 0 saturated carbocycles. The highest BCUT2D eigenvalue weighted by Gasteiger charge is 2.35. The molecule has 1 aliphatic heterocycles. The van der Waals surface area contributed by atoms with Crippen LogP contribution in [0, 0.1) is 12.8 Å². The van der Waals surface area contributed by atoms with Crippen LogP contribution < -0.4 is 0 Å². The number of hydrogen-bond acceptors (Lipinski definition) is 3. The van der Waals surface area contributed by atoms with E-state index in [2.05, 4.69) is 4.99 Å². The second-order valence-electron chi connectivity index (χ2n) is 6.41. The van der Waals surface area contributed by atoms with E-state index >= 15 is 0 Å². The third kappa shape index (κ3) is 2.78. The molecule has 3 nitrogen and oxygen atoms in total. The van der Waals surface area contributed by atoms with Crippen LogP contribution in [0.5, 0.6) is 0 Å². The minimum Gasteiger partial charge on any atom is -0.293 e. The normalized spacial score (nSPS) is 18.6. The third-order valence-corrected chi connectivity index (χ3v) is 4.59. The molecular formula is C23H17NO2. The number of hydrogen-bond donors (Lipinski definition) is 0. The van der Waals surface area contributed by atoms with E-state index in [1.807, 2.05) is 67.6 Å². The Kier molecular flexibility index (Phi) is 4.05. The molecule has 0 N–H and O–H groups in total. The van der Waals surface area contributed by atoms with Gasteiger partial charge in [-0.25, -0.2) is 0 Å². The molecule has 0 bridgehead atoms. The van der Waals surface area contributed by atoms with Gasteiger partial charge in [0.25, 0.3) is 0 Å². The summed E-state index contributed by atoms with van der Waals surface area (Å²) in [6.45, 7) is 1.96. The van der Waals surface area contributed by atoms with E-state index in [0.717, 1.165) is 11.1 Å². The van der Waals surface area contributed by atoms with E-state index < -0.39 is 5.92 Å². The highest BCUT2D eigenvalue weighted by molar-refractivity contribution is 6.37. The lowest BCUT2D eigenvalue weighted by Crippen LogP contribution is -2.31. The number of rotatable bonds is 3. The van der Waals surface area contributed by atoms with Gasteiger partial charge < -0.3 is 0 Å². The summed E-state index contributed by atoms with van der Waals surface area (Å²) in [7, 11) is 0. The van der Waals surface area contributed by atoms with Crippen molar-refractivity contribution < 1.29 is 9.59 Å². The Morgan fingerprint density at radius 1 is 0.962 bits per heavy atom. The number of carbonyl (C=O) groups is 2. The lowest BCUT2D eigenvalue weighted by molar-refractivity contribution is -0.116. The van der Waals surface area contributed by atoms with Crippen LogP contribution in [-0.2, 0) is 4.79 Å². The summed E-state index contributed by atoms with van der Waals surface area (Å²) in [5, 5.41) is 0. The second-order valence-corrected chi connectivity index (χ2v) is 6.41. The molecular weight excluding hydrogens is 322 g/mol. The van der Waals surface area contributed by atoms with Gasteiger partial charge in [-0.3, -0.25) is 14.6 Å². The Morgan fingerprint density at radius 3 is 2.42 bits per heavy atom. The fourth-order valence-corrected chi connectivity index (χ4v) is 3.19. The Hall–Kier alpha value is -3.33. The van der Waals surface area contributed by atoms with Crippen LogP contribution >= 0.6 is 0 Å². The molecule has 0 radical (unpaired) electrons. The zero-order valence-electron chi connectivity index (χ0n) is 14.3.